The molecule has 1 aliphatic rings. The lowest BCUT2D eigenvalue weighted by Gasteiger charge is -2.16. The number of anilines is 2. The average molecular weight is 472 g/mol. The third kappa shape index (κ3) is 5.42. The van der Waals surface area contributed by atoms with Crippen molar-refractivity contribution in [2.75, 3.05) is 25.5 Å². The Morgan fingerprint density at radius 3 is 2.69 bits per heavy atom. The first-order chi connectivity index (χ1) is 17.2. The van der Waals surface area contributed by atoms with Crippen LogP contribution in [0, 0.1) is 0 Å². The fourth-order valence-electron chi connectivity index (χ4n) is 3.88. The number of rotatable bonds is 7. The van der Waals surface area contributed by atoms with Gasteiger partial charge in [0.05, 0.1) is 23.9 Å². The van der Waals surface area contributed by atoms with Gasteiger partial charge in [0.15, 0.2) is 11.5 Å². The zero-order chi connectivity index (χ0) is 24.6. The van der Waals surface area contributed by atoms with Gasteiger partial charge in [0, 0.05) is 49.8 Å². The van der Waals surface area contributed by atoms with E-state index < -0.39 is 0 Å². The van der Waals surface area contributed by atoms with E-state index in [9.17, 15) is 0 Å². The number of nitrogens with zero attached hydrogens (tertiary/aromatic N) is 5. The van der Waals surface area contributed by atoms with Gasteiger partial charge in [-0.3, -0.25) is 4.40 Å². The Bertz CT molecular complexity index is 1300. The van der Waals surface area contributed by atoms with Crippen molar-refractivity contribution < 1.29 is 0 Å². The lowest BCUT2D eigenvalue weighted by Crippen LogP contribution is -2.22. The molecule has 0 spiro atoms. The lowest BCUT2D eigenvalue weighted by molar-refractivity contribution is 0.731. The molecule has 0 fully saturated rings. The van der Waals surface area contributed by atoms with Crippen LogP contribution in [0.1, 0.15) is 38.6 Å². The summed E-state index contributed by atoms with van der Waals surface area (Å²) in [7, 11) is 1.84. The third-order valence-electron chi connectivity index (χ3n) is 5.62. The van der Waals surface area contributed by atoms with Crippen LogP contribution in [0.25, 0.3) is 22.5 Å². The second kappa shape index (κ2) is 11.5. The lowest BCUT2D eigenvalue weighted by atomic mass is 10.1. The first kappa shape index (κ1) is 24.2. The summed E-state index contributed by atoms with van der Waals surface area (Å²) in [4.78, 5) is 13.8. The van der Waals surface area contributed by atoms with Crippen molar-refractivity contribution in [2.45, 2.75) is 27.2 Å². The summed E-state index contributed by atoms with van der Waals surface area (Å²) in [6.07, 6.45) is 14.6. The van der Waals surface area contributed by atoms with Gasteiger partial charge in [-0.2, -0.15) is 0 Å². The minimum Gasteiger partial charge on any atom is -0.337 e. The number of fused-ring (bicyclic) bond motifs is 1. The van der Waals surface area contributed by atoms with Gasteiger partial charge >= 0.3 is 0 Å². The Labute approximate surface area is 206 Å². The number of nitrogens with one attached hydrogen (secondary N) is 4. The summed E-state index contributed by atoms with van der Waals surface area (Å²) in [6.45, 7) is 7.85. The zero-order valence-electron chi connectivity index (χ0n) is 20.7. The highest BCUT2D eigenvalue weighted by molar-refractivity contribution is 5.77. The summed E-state index contributed by atoms with van der Waals surface area (Å²) < 4.78 is 4.07. The largest absolute Gasteiger partial charge is 0.337 e. The van der Waals surface area contributed by atoms with Crippen LogP contribution in [0.3, 0.4) is 0 Å². The van der Waals surface area contributed by atoms with Crippen molar-refractivity contribution in [2.24, 2.45) is 0 Å². The fraction of sp³-hybridized carbons (Fsp3) is 0.269. The minimum absolute atomic E-state index is 0.718. The van der Waals surface area contributed by atoms with E-state index in [1.54, 1.807) is 12.5 Å². The Balaban J connectivity index is 0.00000141. The number of benzene rings is 1. The Kier molecular flexibility index (Phi) is 7.92. The highest BCUT2D eigenvalue weighted by atomic mass is 15.3. The van der Waals surface area contributed by atoms with Gasteiger partial charge in [0.25, 0.3) is 0 Å². The minimum atomic E-state index is 0.718. The van der Waals surface area contributed by atoms with Crippen LogP contribution in [0.2, 0.25) is 0 Å². The molecular weight excluding hydrogens is 438 g/mol. The molecule has 0 aliphatic carbocycles. The van der Waals surface area contributed by atoms with Crippen LogP contribution in [-0.4, -0.2) is 44.1 Å². The van der Waals surface area contributed by atoms with Gasteiger partial charge < -0.3 is 20.6 Å². The second-order valence-electron chi connectivity index (χ2n) is 7.87. The highest BCUT2D eigenvalue weighted by Crippen LogP contribution is 2.27. The van der Waals surface area contributed by atoms with Crippen LogP contribution >= 0.6 is 0 Å². The fourth-order valence-corrected chi connectivity index (χ4v) is 3.88. The van der Waals surface area contributed by atoms with Crippen LogP contribution in [0.4, 0.5) is 11.5 Å². The molecule has 0 bridgehead atoms. The maximum Gasteiger partial charge on any atom is 0.180 e. The molecule has 4 N–H and O–H groups in total. The molecule has 4 aromatic rings. The molecule has 4 heterocycles. The standard InChI is InChI=1S/C24H27N9.C2H6/c1-17(12-29-25-2)22-14-28-24-23(31-21(15-33(22)24)18-4-3-9-26-13-18)30-19-5-7-20(8-6-19)32-11-10-27-16-32;1-2/h4-8,10-12,14-16,25-26,29H,3,9,13H2,1-2H3,(H,30,31);1-2H3/b17-12+;. The van der Waals surface area contributed by atoms with Gasteiger partial charge in [0.1, 0.15) is 0 Å². The molecule has 1 aliphatic heterocycles. The Morgan fingerprint density at radius 1 is 1.17 bits per heavy atom. The number of aromatic nitrogens is 5. The smallest absolute Gasteiger partial charge is 0.180 e. The van der Waals surface area contributed by atoms with Crippen LogP contribution in [0.15, 0.2) is 67.7 Å². The first-order valence-electron chi connectivity index (χ1n) is 12.0. The topological polar surface area (TPSA) is 96.1 Å². The maximum atomic E-state index is 4.96. The molecule has 0 unspecified atom stereocenters. The maximum absolute atomic E-state index is 4.96. The first-order valence-corrected chi connectivity index (χ1v) is 12.0. The predicted molar refractivity (Wildman–Crippen MR) is 142 cm³/mol. The summed E-state index contributed by atoms with van der Waals surface area (Å²) in [5.74, 6) is 0.718. The van der Waals surface area contributed by atoms with Gasteiger partial charge in [-0.1, -0.05) is 19.9 Å². The molecule has 0 saturated heterocycles. The monoisotopic (exact) mass is 471 g/mol. The Morgan fingerprint density at radius 2 is 2.00 bits per heavy atom. The predicted octanol–water partition coefficient (Wildman–Crippen LogP) is 4.15. The van der Waals surface area contributed by atoms with Gasteiger partial charge in [-0.25, -0.2) is 20.4 Å². The third-order valence-corrected chi connectivity index (χ3v) is 5.62. The quantitative estimate of drug-likeness (QED) is 0.301. The summed E-state index contributed by atoms with van der Waals surface area (Å²) in [6, 6.07) is 8.17. The molecule has 9 heteroatoms. The SMILES string of the molecule is CC.CNN/C=C(\C)c1cnc2c(Nc3ccc(-n4ccnc4)cc3)nc(C3=CCCNC3)cn12. The van der Waals surface area contributed by atoms with Crippen molar-refractivity contribution in [1.82, 2.24) is 40.1 Å². The van der Waals surface area contributed by atoms with Crippen LogP contribution in [0.5, 0.6) is 0 Å². The van der Waals surface area contributed by atoms with Crippen molar-refractivity contribution in [3.8, 4) is 5.69 Å². The summed E-state index contributed by atoms with van der Waals surface area (Å²) >= 11 is 0. The number of imidazole rings is 2. The van der Waals surface area contributed by atoms with E-state index in [0.717, 1.165) is 59.3 Å². The van der Waals surface area contributed by atoms with E-state index in [1.807, 2.05) is 68.3 Å². The number of hydrogen-bond acceptors (Lipinski definition) is 7. The van der Waals surface area contributed by atoms with E-state index >= 15 is 0 Å². The molecule has 35 heavy (non-hydrogen) atoms. The molecule has 0 atom stereocenters. The van der Waals surface area contributed by atoms with Crippen molar-refractivity contribution in [3.63, 3.8) is 0 Å². The van der Waals surface area contributed by atoms with Gasteiger partial charge in [-0.15, -0.1) is 0 Å². The summed E-state index contributed by atoms with van der Waals surface area (Å²) in [5, 5.41) is 6.92. The molecule has 1 aromatic carbocycles. The van der Waals surface area contributed by atoms with Crippen molar-refractivity contribution in [1.29, 1.82) is 0 Å². The number of hydrogen-bond donors (Lipinski definition) is 4. The molecule has 0 saturated carbocycles. The van der Waals surface area contributed by atoms with E-state index in [0.29, 0.717) is 0 Å². The molecule has 5 rings (SSSR count). The molecule has 0 radical (unpaired) electrons. The van der Waals surface area contributed by atoms with Crippen molar-refractivity contribution in [3.05, 3.63) is 79.0 Å². The highest BCUT2D eigenvalue weighted by Gasteiger charge is 2.16. The Hall–Kier alpha value is -3.95. The zero-order valence-corrected chi connectivity index (χ0v) is 20.7. The summed E-state index contributed by atoms with van der Waals surface area (Å²) in [5.41, 5.74) is 12.9. The van der Waals surface area contributed by atoms with Gasteiger partial charge in [-0.05, 0) is 55.3 Å². The molecular formula is C26H33N9. The van der Waals surface area contributed by atoms with Crippen molar-refractivity contribution >= 4 is 28.3 Å². The second-order valence-corrected chi connectivity index (χ2v) is 7.87. The normalized spacial score (nSPS) is 13.7. The van der Waals surface area contributed by atoms with Crippen LogP contribution in [-0.2, 0) is 0 Å². The van der Waals surface area contributed by atoms with E-state index in [-0.39, 0.29) is 0 Å². The number of hydrazine groups is 1. The van der Waals surface area contributed by atoms with E-state index in [2.05, 4.69) is 55.1 Å². The molecule has 182 valence electrons. The molecule has 3 aromatic heterocycles. The van der Waals surface area contributed by atoms with E-state index in [1.165, 1.54) is 5.57 Å². The molecule has 0 amide bonds. The van der Waals surface area contributed by atoms with E-state index in [4.69, 9.17) is 4.98 Å². The number of allylic oxidation sites excluding steroid dienone is 1. The van der Waals surface area contributed by atoms with Gasteiger partial charge in [0.2, 0.25) is 0 Å². The molecule has 9 nitrogen and oxygen atoms in total. The van der Waals surface area contributed by atoms with Crippen LogP contribution < -0.4 is 21.5 Å². The average Bonchev–Trinajstić information content (AvgIpc) is 3.60.